The largest absolute Gasteiger partial charge is 0.504 e. The van der Waals surface area contributed by atoms with E-state index in [-0.39, 0.29) is 27.7 Å². The Hall–Kier alpha value is -5.20. The number of carbonyl (C=O) groups is 3. The lowest BCUT2D eigenvalue weighted by molar-refractivity contribution is -0.120. The van der Waals surface area contributed by atoms with Crippen molar-refractivity contribution >= 4 is 57.9 Å². The van der Waals surface area contributed by atoms with Crippen molar-refractivity contribution in [2.75, 3.05) is 18.6 Å². The van der Waals surface area contributed by atoms with Gasteiger partial charge in [0, 0.05) is 35.8 Å². The van der Waals surface area contributed by atoms with Gasteiger partial charge in [0.2, 0.25) is 5.91 Å². The first-order chi connectivity index (χ1) is 28.8. The molecule has 0 spiro atoms. The number of halogens is 1. The molecule has 12 heteroatoms. The Bertz CT molecular complexity index is 2510. The minimum Gasteiger partial charge on any atom is -0.504 e. The fourth-order valence-corrected chi connectivity index (χ4v) is 9.94. The summed E-state index contributed by atoms with van der Waals surface area (Å²) in [6.07, 6.45) is 6.45. The Morgan fingerprint density at radius 1 is 0.918 bits per heavy atom. The van der Waals surface area contributed by atoms with Crippen LogP contribution in [-0.2, 0) is 33.3 Å². The van der Waals surface area contributed by atoms with Gasteiger partial charge in [-0.3, -0.25) is 19.7 Å². The Morgan fingerprint density at radius 2 is 1.59 bits per heavy atom. The van der Waals surface area contributed by atoms with Gasteiger partial charge < -0.3 is 25.4 Å². The number of phenolic OH excluding ortho intramolecular Hbond substituents is 1. The molecule has 2 saturated heterocycles. The van der Waals surface area contributed by atoms with Crippen molar-refractivity contribution in [3.05, 3.63) is 104 Å². The van der Waals surface area contributed by atoms with E-state index in [0.29, 0.717) is 28.7 Å². The minimum absolute atomic E-state index is 0.0278. The molecule has 8 rings (SSSR count). The number of methoxy groups -OCH3 is 1. The highest BCUT2D eigenvalue weighted by Crippen LogP contribution is 2.49. The van der Waals surface area contributed by atoms with Crippen molar-refractivity contribution in [2.45, 2.75) is 110 Å². The fourth-order valence-electron chi connectivity index (χ4n) is 9.02. The van der Waals surface area contributed by atoms with Crippen LogP contribution in [0.3, 0.4) is 0 Å². The van der Waals surface area contributed by atoms with Gasteiger partial charge in [-0.1, -0.05) is 39.8 Å². The van der Waals surface area contributed by atoms with E-state index < -0.39 is 22.7 Å². The average Bonchev–Trinajstić information content (AvgIpc) is 3.70. The van der Waals surface area contributed by atoms with E-state index in [0.717, 1.165) is 65.6 Å². The summed E-state index contributed by atoms with van der Waals surface area (Å²) in [5.41, 5.74) is 12.3. The van der Waals surface area contributed by atoms with Crippen LogP contribution in [0, 0.1) is 19.7 Å². The second-order valence-electron chi connectivity index (χ2n) is 18.2. The van der Waals surface area contributed by atoms with Gasteiger partial charge in [0.1, 0.15) is 11.8 Å². The first-order valence-electron chi connectivity index (χ1n) is 20.9. The van der Waals surface area contributed by atoms with Crippen LogP contribution in [0.1, 0.15) is 99.7 Å². The molecule has 4 aliphatic rings. The van der Waals surface area contributed by atoms with Gasteiger partial charge in [-0.25, -0.2) is 4.39 Å². The van der Waals surface area contributed by atoms with Crippen LogP contribution in [0.4, 0.5) is 14.9 Å². The zero-order valence-electron chi connectivity index (χ0n) is 36.4. The van der Waals surface area contributed by atoms with Crippen molar-refractivity contribution in [2.24, 2.45) is 0 Å². The van der Waals surface area contributed by atoms with Crippen LogP contribution in [0.15, 0.2) is 59.5 Å². The number of thioether (sulfide) groups is 1. The molecular formula is C49H55FN4O5S2. The number of imide groups is 1. The molecule has 320 valence electrons. The number of hydrogen-bond donors (Lipinski definition) is 4. The SMILES string of the molecule is COc1ccc(CC2NC(=S)NC2=O)cc1-c1cc2c(cc1C)N(C(C)C)CCC2.Cc1cc2c(cc1-c1cc(/C=C3\SC(=O)NC3=O)cc(F)c1O)C(C)(C)CCC2(C)C. The normalized spacial score (nSPS) is 19.5. The van der Waals surface area contributed by atoms with Crippen molar-refractivity contribution in [1.82, 2.24) is 16.0 Å². The Morgan fingerprint density at radius 3 is 2.21 bits per heavy atom. The van der Waals surface area contributed by atoms with E-state index in [9.17, 15) is 23.9 Å². The lowest BCUT2D eigenvalue weighted by atomic mass is 9.62. The number of ether oxygens (including phenoxy) is 1. The number of thiocarbonyl (C=S) groups is 1. The Kier molecular flexibility index (Phi) is 12.2. The van der Waals surface area contributed by atoms with Crippen molar-refractivity contribution in [1.29, 1.82) is 0 Å². The molecule has 1 aliphatic carbocycles. The topological polar surface area (TPSA) is 120 Å². The van der Waals surface area contributed by atoms with E-state index in [1.807, 2.05) is 19.1 Å². The summed E-state index contributed by atoms with van der Waals surface area (Å²) in [7, 11) is 1.71. The van der Waals surface area contributed by atoms with Crippen molar-refractivity contribution in [3.8, 4) is 33.8 Å². The van der Waals surface area contributed by atoms with Gasteiger partial charge in [-0.05, 0) is 187 Å². The van der Waals surface area contributed by atoms with Gasteiger partial charge in [0.15, 0.2) is 16.7 Å². The van der Waals surface area contributed by atoms with Crippen LogP contribution in [0.5, 0.6) is 11.5 Å². The number of phenols is 1. The molecule has 4 N–H and O–H groups in total. The third kappa shape index (κ3) is 8.93. The van der Waals surface area contributed by atoms with E-state index in [4.69, 9.17) is 17.0 Å². The number of benzene rings is 4. The van der Waals surface area contributed by atoms with Crippen LogP contribution < -0.4 is 25.6 Å². The number of amides is 3. The predicted octanol–water partition coefficient (Wildman–Crippen LogP) is 9.93. The lowest BCUT2D eigenvalue weighted by Gasteiger charge is -2.42. The van der Waals surface area contributed by atoms with Gasteiger partial charge in [0.05, 0.1) is 12.0 Å². The first-order valence-corrected chi connectivity index (χ1v) is 22.1. The summed E-state index contributed by atoms with van der Waals surface area (Å²) in [5.74, 6) is -0.916. The molecule has 0 saturated carbocycles. The van der Waals surface area contributed by atoms with E-state index in [1.165, 1.54) is 52.1 Å². The maximum atomic E-state index is 14.7. The van der Waals surface area contributed by atoms with E-state index in [2.05, 4.69) is 99.6 Å². The van der Waals surface area contributed by atoms with Crippen molar-refractivity contribution < 1.29 is 28.6 Å². The molecule has 2 fully saturated rings. The maximum absolute atomic E-state index is 14.7. The summed E-state index contributed by atoms with van der Waals surface area (Å²) < 4.78 is 20.4. The fraction of sp³-hybridized carbons (Fsp3) is 0.388. The van der Waals surface area contributed by atoms with Gasteiger partial charge in [-0.15, -0.1) is 0 Å². The summed E-state index contributed by atoms with van der Waals surface area (Å²) >= 11 is 5.84. The number of aryl methyl sites for hydroxylation is 3. The van der Waals surface area contributed by atoms with Gasteiger partial charge >= 0.3 is 0 Å². The van der Waals surface area contributed by atoms with Crippen molar-refractivity contribution in [3.63, 3.8) is 0 Å². The molecule has 1 unspecified atom stereocenters. The molecular weight excluding hydrogens is 808 g/mol. The predicted molar refractivity (Wildman–Crippen MR) is 248 cm³/mol. The zero-order valence-corrected chi connectivity index (χ0v) is 38.0. The van der Waals surface area contributed by atoms with Crippen LogP contribution in [0.25, 0.3) is 28.3 Å². The van der Waals surface area contributed by atoms with E-state index in [1.54, 1.807) is 13.2 Å². The Labute approximate surface area is 367 Å². The molecule has 61 heavy (non-hydrogen) atoms. The molecule has 4 aromatic rings. The highest BCUT2D eigenvalue weighted by molar-refractivity contribution is 8.18. The number of fused-ring (bicyclic) bond motifs is 2. The second-order valence-corrected chi connectivity index (χ2v) is 19.6. The minimum atomic E-state index is -0.768. The maximum Gasteiger partial charge on any atom is 0.290 e. The van der Waals surface area contributed by atoms with Gasteiger partial charge in [-0.2, -0.15) is 0 Å². The highest BCUT2D eigenvalue weighted by atomic mass is 32.2. The summed E-state index contributed by atoms with van der Waals surface area (Å²) in [5, 5.41) is 18.4. The summed E-state index contributed by atoms with van der Waals surface area (Å²) in [6.45, 7) is 18.7. The zero-order chi connectivity index (χ0) is 44.1. The van der Waals surface area contributed by atoms with Crippen LogP contribution >= 0.6 is 24.0 Å². The van der Waals surface area contributed by atoms with Crippen LogP contribution in [0.2, 0.25) is 0 Å². The monoisotopic (exact) mass is 862 g/mol. The van der Waals surface area contributed by atoms with Gasteiger partial charge in [0.25, 0.3) is 11.1 Å². The third-order valence-electron chi connectivity index (χ3n) is 12.6. The molecule has 3 amide bonds. The molecule has 0 bridgehead atoms. The molecule has 4 aromatic carbocycles. The number of anilines is 1. The lowest BCUT2D eigenvalue weighted by Crippen LogP contribution is -2.35. The summed E-state index contributed by atoms with van der Waals surface area (Å²) in [4.78, 5) is 38.1. The second kappa shape index (κ2) is 16.9. The third-order valence-corrected chi connectivity index (χ3v) is 13.6. The molecule has 0 aromatic heterocycles. The van der Waals surface area contributed by atoms with Crippen LogP contribution in [-0.4, -0.2) is 53.0 Å². The highest BCUT2D eigenvalue weighted by Gasteiger charge is 2.38. The number of aromatic hydroxyl groups is 1. The molecule has 0 radical (unpaired) electrons. The summed E-state index contributed by atoms with van der Waals surface area (Å²) in [6, 6.07) is 18.0. The van der Waals surface area contributed by atoms with E-state index >= 15 is 0 Å². The molecule has 3 heterocycles. The standard InChI is InChI=1S/C25H26FNO3S.C24H29N3O2S/c1-13-8-17-18(25(4,5)7-6-24(17,2)3)12-15(13)16-9-14(10-19(26)21(16)28)11-20-22(29)27-23(30)31-20;1-14(2)27-9-5-6-17-13-18(15(3)10-21(17)27)19-11-16(7-8-22(19)29-4)12-20-23(28)26-24(30)25-20/h8-12,28H,6-7H2,1-5H3,(H,27,29,30);7-8,10-11,13-14,20H,5-6,9,12H2,1-4H3,(H2,25,26,28,30)/b20-11-;. The Balaban J connectivity index is 0.000000184. The number of nitrogens with one attached hydrogen (secondary N) is 3. The number of nitrogens with zero attached hydrogens (tertiary/aromatic N) is 1. The number of rotatable bonds is 7. The molecule has 9 nitrogen and oxygen atoms in total. The molecule has 1 atom stereocenters. The average molecular weight is 863 g/mol. The molecule has 3 aliphatic heterocycles. The first kappa shape index (κ1) is 43.9. The smallest absolute Gasteiger partial charge is 0.290 e. The quantitative estimate of drug-likeness (QED) is 0.106. The number of carbonyl (C=O) groups excluding carboxylic acids is 3. The number of hydrogen-bond acceptors (Lipinski definition) is 8.